The van der Waals surface area contributed by atoms with E-state index in [0.717, 1.165) is 16.7 Å². The summed E-state index contributed by atoms with van der Waals surface area (Å²) in [4.78, 5) is 11.6. The van der Waals surface area contributed by atoms with Gasteiger partial charge in [0.1, 0.15) is 5.82 Å². The van der Waals surface area contributed by atoms with Crippen LogP contribution in [0.4, 0.5) is 4.39 Å². The fourth-order valence-corrected chi connectivity index (χ4v) is 2.48. The number of aromatic nitrogens is 2. The summed E-state index contributed by atoms with van der Waals surface area (Å²) in [5.74, 6) is -0.452. The maximum absolute atomic E-state index is 13.5. The summed E-state index contributed by atoms with van der Waals surface area (Å²) in [5.41, 5.74) is 3.01. The average Bonchev–Trinajstić information content (AvgIpc) is 2.97. The maximum Gasteiger partial charge on any atom is 0.247 e. The van der Waals surface area contributed by atoms with Crippen LogP contribution in [0.1, 0.15) is 18.0 Å². The zero-order valence-electron chi connectivity index (χ0n) is 11.1. The number of benzene rings is 1. The molecule has 2 aromatic rings. The van der Waals surface area contributed by atoms with E-state index in [-0.39, 0.29) is 17.8 Å². The second kappa shape index (κ2) is 4.59. The molecule has 0 aliphatic carbocycles. The number of hydrogen-bond acceptors (Lipinski definition) is 2. The zero-order chi connectivity index (χ0) is 14.3. The third-order valence-electron chi connectivity index (χ3n) is 3.48. The SMILES string of the molecule is C=C1CC(c2ccc(F)cc2-c2cnn(C)c2)NC1=O. The van der Waals surface area contributed by atoms with Crippen molar-refractivity contribution in [3.05, 3.63) is 54.1 Å². The van der Waals surface area contributed by atoms with Crippen LogP contribution < -0.4 is 5.32 Å². The van der Waals surface area contributed by atoms with Crippen LogP contribution >= 0.6 is 0 Å². The molecule has 1 atom stereocenters. The standard InChI is InChI=1S/C15H14FN3O/c1-9-5-14(18-15(9)20)12-4-3-11(16)6-13(12)10-7-17-19(2)8-10/h3-4,6-8,14H,1,5H2,2H3,(H,18,20). The molecule has 0 saturated carbocycles. The summed E-state index contributed by atoms with van der Waals surface area (Å²) in [6.45, 7) is 3.73. The van der Waals surface area contributed by atoms with Gasteiger partial charge in [-0.05, 0) is 23.3 Å². The molecule has 5 heteroatoms. The van der Waals surface area contributed by atoms with E-state index in [2.05, 4.69) is 17.0 Å². The van der Waals surface area contributed by atoms with Crippen LogP contribution in [0.25, 0.3) is 11.1 Å². The molecular weight excluding hydrogens is 257 g/mol. The summed E-state index contributed by atoms with van der Waals surface area (Å²) in [5, 5.41) is 6.98. The average molecular weight is 271 g/mol. The third kappa shape index (κ3) is 2.11. The van der Waals surface area contributed by atoms with Crippen molar-refractivity contribution in [3.8, 4) is 11.1 Å². The molecule has 102 valence electrons. The molecule has 1 N–H and O–H groups in total. The largest absolute Gasteiger partial charge is 0.345 e. The van der Waals surface area contributed by atoms with Crippen LogP contribution in [0.5, 0.6) is 0 Å². The molecule has 3 rings (SSSR count). The maximum atomic E-state index is 13.5. The van der Waals surface area contributed by atoms with E-state index in [4.69, 9.17) is 0 Å². The van der Waals surface area contributed by atoms with Gasteiger partial charge in [0.05, 0.1) is 12.2 Å². The lowest BCUT2D eigenvalue weighted by Crippen LogP contribution is -2.19. The van der Waals surface area contributed by atoms with Gasteiger partial charge in [-0.25, -0.2) is 4.39 Å². The number of carbonyl (C=O) groups is 1. The third-order valence-corrected chi connectivity index (χ3v) is 3.48. The van der Waals surface area contributed by atoms with Crippen molar-refractivity contribution < 1.29 is 9.18 Å². The first-order valence-electron chi connectivity index (χ1n) is 6.31. The van der Waals surface area contributed by atoms with Gasteiger partial charge >= 0.3 is 0 Å². The van der Waals surface area contributed by atoms with Gasteiger partial charge in [0.2, 0.25) is 5.91 Å². The van der Waals surface area contributed by atoms with Gasteiger partial charge in [-0.15, -0.1) is 0 Å². The Hall–Kier alpha value is -2.43. The van der Waals surface area contributed by atoms with Crippen molar-refractivity contribution >= 4 is 5.91 Å². The first kappa shape index (κ1) is 12.6. The molecule has 1 unspecified atom stereocenters. The van der Waals surface area contributed by atoms with Crippen molar-refractivity contribution in [3.63, 3.8) is 0 Å². The Morgan fingerprint density at radius 2 is 2.30 bits per heavy atom. The van der Waals surface area contributed by atoms with Gasteiger partial charge in [0.15, 0.2) is 0 Å². The molecule has 1 aromatic carbocycles. The lowest BCUT2D eigenvalue weighted by molar-refractivity contribution is -0.116. The molecule has 0 bridgehead atoms. The highest BCUT2D eigenvalue weighted by Crippen LogP contribution is 2.34. The Balaban J connectivity index is 2.07. The van der Waals surface area contributed by atoms with Crippen LogP contribution in [0, 0.1) is 5.82 Å². The minimum atomic E-state index is -0.309. The van der Waals surface area contributed by atoms with E-state index in [1.807, 2.05) is 13.2 Å². The van der Waals surface area contributed by atoms with Gasteiger partial charge < -0.3 is 5.32 Å². The van der Waals surface area contributed by atoms with Gasteiger partial charge in [-0.2, -0.15) is 5.10 Å². The molecule has 0 spiro atoms. The summed E-state index contributed by atoms with van der Waals surface area (Å²) in [6, 6.07) is 4.43. The molecule has 20 heavy (non-hydrogen) atoms. The smallest absolute Gasteiger partial charge is 0.247 e. The molecule has 0 radical (unpaired) electrons. The molecule has 4 nitrogen and oxygen atoms in total. The van der Waals surface area contributed by atoms with E-state index in [1.54, 1.807) is 16.9 Å². The summed E-state index contributed by atoms with van der Waals surface area (Å²) in [6.07, 6.45) is 4.05. The predicted molar refractivity (Wildman–Crippen MR) is 73.2 cm³/mol. The highest BCUT2D eigenvalue weighted by atomic mass is 19.1. The van der Waals surface area contributed by atoms with Gasteiger partial charge in [0, 0.05) is 30.8 Å². The summed E-state index contributed by atoms with van der Waals surface area (Å²) in [7, 11) is 1.81. The van der Waals surface area contributed by atoms with Crippen LogP contribution in [0.2, 0.25) is 0 Å². The lowest BCUT2D eigenvalue weighted by Gasteiger charge is -2.14. The second-order valence-electron chi connectivity index (χ2n) is 4.97. The Bertz CT molecular complexity index is 689. The summed E-state index contributed by atoms with van der Waals surface area (Å²) >= 11 is 0. The number of hydrogen-bond donors (Lipinski definition) is 1. The van der Waals surface area contributed by atoms with Gasteiger partial charge in [0.25, 0.3) is 0 Å². The van der Waals surface area contributed by atoms with E-state index in [9.17, 15) is 9.18 Å². The number of halogens is 1. The molecule has 1 saturated heterocycles. The molecule has 1 aliphatic rings. The van der Waals surface area contributed by atoms with Crippen LogP contribution in [-0.2, 0) is 11.8 Å². The first-order valence-corrected chi connectivity index (χ1v) is 6.31. The number of carbonyl (C=O) groups excluding carboxylic acids is 1. The summed E-state index contributed by atoms with van der Waals surface area (Å²) < 4.78 is 15.2. The van der Waals surface area contributed by atoms with Crippen molar-refractivity contribution in [2.75, 3.05) is 0 Å². The Morgan fingerprint density at radius 3 is 2.90 bits per heavy atom. The quantitative estimate of drug-likeness (QED) is 0.852. The van der Waals surface area contributed by atoms with Gasteiger partial charge in [-0.1, -0.05) is 12.6 Å². The highest BCUT2D eigenvalue weighted by molar-refractivity contribution is 5.95. The molecular formula is C15H14FN3O. The van der Waals surface area contributed by atoms with Crippen molar-refractivity contribution in [1.82, 2.24) is 15.1 Å². The normalized spacial score (nSPS) is 18.4. The van der Waals surface area contributed by atoms with E-state index < -0.39 is 0 Å². The van der Waals surface area contributed by atoms with Crippen LogP contribution in [0.15, 0.2) is 42.7 Å². The molecule has 1 amide bonds. The Morgan fingerprint density at radius 1 is 1.50 bits per heavy atom. The minimum Gasteiger partial charge on any atom is -0.345 e. The monoisotopic (exact) mass is 271 g/mol. The molecule has 2 heterocycles. The molecule has 1 aliphatic heterocycles. The number of rotatable bonds is 2. The topological polar surface area (TPSA) is 46.9 Å². The fraction of sp³-hybridized carbons (Fsp3) is 0.200. The van der Waals surface area contributed by atoms with E-state index in [0.29, 0.717) is 12.0 Å². The Kier molecular flexibility index (Phi) is 2.89. The van der Waals surface area contributed by atoms with E-state index >= 15 is 0 Å². The van der Waals surface area contributed by atoms with Crippen molar-refractivity contribution in [2.24, 2.45) is 7.05 Å². The number of nitrogens with zero attached hydrogens (tertiary/aromatic N) is 2. The van der Waals surface area contributed by atoms with Gasteiger partial charge in [-0.3, -0.25) is 9.48 Å². The fourth-order valence-electron chi connectivity index (χ4n) is 2.48. The first-order chi connectivity index (χ1) is 9.54. The Labute approximate surface area is 115 Å². The number of aryl methyl sites for hydroxylation is 1. The van der Waals surface area contributed by atoms with Crippen molar-refractivity contribution in [2.45, 2.75) is 12.5 Å². The molecule has 1 fully saturated rings. The molecule has 1 aromatic heterocycles. The number of amides is 1. The number of nitrogens with one attached hydrogen (secondary N) is 1. The zero-order valence-corrected chi connectivity index (χ0v) is 11.1. The van der Waals surface area contributed by atoms with Crippen molar-refractivity contribution in [1.29, 1.82) is 0 Å². The predicted octanol–water partition coefficient (Wildman–Crippen LogP) is 2.34. The van der Waals surface area contributed by atoms with E-state index in [1.165, 1.54) is 12.1 Å². The van der Waals surface area contributed by atoms with Crippen LogP contribution in [-0.4, -0.2) is 15.7 Å². The van der Waals surface area contributed by atoms with Crippen LogP contribution in [0.3, 0.4) is 0 Å². The highest BCUT2D eigenvalue weighted by Gasteiger charge is 2.28. The lowest BCUT2D eigenvalue weighted by atomic mass is 9.95. The second-order valence-corrected chi connectivity index (χ2v) is 4.97. The minimum absolute atomic E-state index is 0.142.